The van der Waals surface area contributed by atoms with Crippen molar-refractivity contribution in [2.75, 3.05) is 35.6 Å². The van der Waals surface area contributed by atoms with Gasteiger partial charge in [0.2, 0.25) is 0 Å². The highest BCUT2D eigenvalue weighted by Gasteiger charge is 2.38. The Labute approximate surface area is 174 Å². The number of hydrogen-bond donors (Lipinski definition) is 3. The van der Waals surface area contributed by atoms with Gasteiger partial charge in [-0.2, -0.15) is 0 Å². The van der Waals surface area contributed by atoms with Gasteiger partial charge in [0.1, 0.15) is 12.0 Å². The normalized spacial score (nSPS) is 22.3. The highest BCUT2D eigenvalue weighted by molar-refractivity contribution is 5.76. The molecule has 3 rings (SSSR count). The molecule has 0 bridgehead atoms. The van der Waals surface area contributed by atoms with Crippen molar-refractivity contribution in [1.29, 1.82) is 0 Å². The number of carbonyl (C=O) groups is 1. The molecule has 0 unspecified atom stereocenters. The number of esters is 1. The van der Waals surface area contributed by atoms with Gasteiger partial charge >= 0.3 is 5.97 Å². The molecule has 0 aromatic carbocycles. The molecule has 0 amide bonds. The molecule has 2 fully saturated rings. The van der Waals surface area contributed by atoms with E-state index in [1.165, 1.54) is 0 Å². The second-order valence-corrected chi connectivity index (χ2v) is 9.62. The number of nitrogen functional groups attached to an aromatic ring is 1. The number of ether oxygens (including phenoxy) is 1. The van der Waals surface area contributed by atoms with Gasteiger partial charge in [-0.1, -0.05) is 0 Å². The molecule has 29 heavy (non-hydrogen) atoms. The summed E-state index contributed by atoms with van der Waals surface area (Å²) in [5.74, 6) is 1.31. The third kappa shape index (κ3) is 5.29. The number of nitrogens with zero attached hydrogens (tertiary/aromatic N) is 3. The zero-order valence-electron chi connectivity index (χ0n) is 18.4. The lowest BCUT2D eigenvalue weighted by molar-refractivity contribution is -0.148. The fourth-order valence-corrected chi connectivity index (χ4v) is 4.96. The number of anilines is 3. The summed E-state index contributed by atoms with van der Waals surface area (Å²) < 4.78 is 5.16. The Morgan fingerprint density at radius 2 is 1.86 bits per heavy atom. The van der Waals surface area contributed by atoms with Crippen molar-refractivity contribution in [3.8, 4) is 0 Å². The van der Waals surface area contributed by atoms with E-state index in [4.69, 9.17) is 10.5 Å². The summed E-state index contributed by atoms with van der Waals surface area (Å²) in [6.45, 7) is 12.6. The summed E-state index contributed by atoms with van der Waals surface area (Å²) in [5, 5.41) is 7.26. The average Bonchev–Trinajstić information content (AvgIpc) is 2.61. The topological polar surface area (TPSA) is 105 Å². The molecule has 8 nitrogen and oxygen atoms in total. The Bertz CT molecular complexity index is 712. The molecule has 0 aliphatic carbocycles. The van der Waals surface area contributed by atoms with Crippen LogP contribution in [0.15, 0.2) is 6.33 Å². The first-order chi connectivity index (χ1) is 13.6. The number of hydrogen-bond acceptors (Lipinski definition) is 8. The van der Waals surface area contributed by atoms with E-state index in [1.807, 2.05) is 6.92 Å². The van der Waals surface area contributed by atoms with Crippen LogP contribution in [-0.4, -0.2) is 52.8 Å². The molecular formula is C21H36N6O2. The molecule has 0 radical (unpaired) electrons. The Hall–Kier alpha value is -2.09. The molecule has 8 heteroatoms. The number of rotatable bonds is 5. The monoisotopic (exact) mass is 404 g/mol. The van der Waals surface area contributed by atoms with Crippen LogP contribution in [0.25, 0.3) is 0 Å². The maximum absolute atomic E-state index is 12.0. The fraction of sp³-hybridized carbons (Fsp3) is 0.762. The van der Waals surface area contributed by atoms with Crippen LogP contribution in [-0.2, 0) is 9.53 Å². The third-order valence-corrected chi connectivity index (χ3v) is 5.81. The lowest BCUT2D eigenvalue weighted by Crippen LogP contribution is -2.60. The molecule has 0 saturated carbocycles. The molecule has 3 heterocycles. The molecule has 2 aliphatic heterocycles. The second-order valence-electron chi connectivity index (χ2n) is 9.62. The predicted molar refractivity (Wildman–Crippen MR) is 116 cm³/mol. The zero-order chi connectivity index (χ0) is 21.2. The molecule has 4 N–H and O–H groups in total. The van der Waals surface area contributed by atoms with Crippen molar-refractivity contribution in [2.45, 2.75) is 77.4 Å². The molecule has 162 valence electrons. The Morgan fingerprint density at radius 3 is 2.45 bits per heavy atom. The summed E-state index contributed by atoms with van der Waals surface area (Å²) in [7, 11) is 0. The van der Waals surface area contributed by atoms with E-state index >= 15 is 0 Å². The SMILES string of the molecule is CCOC(=O)C1CCN(c2ncnc(NC3CC(C)(C)NC(C)(C)C3)c2N)CC1. The van der Waals surface area contributed by atoms with Crippen LogP contribution in [0, 0.1) is 5.92 Å². The molecule has 2 aliphatic rings. The number of nitrogens with two attached hydrogens (primary N) is 1. The van der Waals surface area contributed by atoms with Gasteiger partial charge in [-0.05, 0) is 60.3 Å². The average molecular weight is 405 g/mol. The predicted octanol–water partition coefficient (Wildman–Crippen LogP) is 2.56. The number of nitrogens with one attached hydrogen (secondary N) is 2. The Kier molecular flexibility index (Phi) is 6.22. The number of carbonyl (C=O) groups excluding carboxylic acids is 1. The first-order valence-electron chi connectivity index (χ1n) is 10.7. The number of piperidine rings is 2. The van der Waals surface area contributed by atoms with E-state index in [-0.39, 0.29) is 29.0 Å². The Morgan fingerprint density at radius 1 is 1.24 bits per heavy atom. The van der Waals surface area contributed by atoms with Crippen LogP contribution in [0.1, 0.15) is 60.3 Å². The smallest absolute Gasteiger partial charge is 0.309 e. The zero-order valence-corrected chi connectivity index (χ0v) is 18.4. The van der Waals surface area contributed by atoms with Crippen molar-refractivity contribution in [3.05, 3.63) is 6.33 Å². The maximum atomic E-state index is 12.0. The summed E-state index contributed by atoms with van der Waals surface area (Å²) >= 11 is 0. The molecular weight excluding hydrogens is 368 g/mol. The number of aromatic nitrogens is 2. The minimum atomic E-state index is -0.0960. The third-order valence-electron chi connectivity index (χ3n) is 5.81. The van der Waals surface area contributed by atoms with E-state index in [1.54, 1.807) is 6.33 Å². The standard InChI is InChI=1S/C21H36N6O2/c1-6-29-19(28)14-7-9-27(10-8-14)18-16(22)17(23-13-24-18)25-15-11-20(2,3)26-21(4,5)12-15/h13-15,26H,6-12,22H2,1-5H3,(H,23,24,25). The lowest BCUT2D eigenvalue weighted by Gasteiger charge is -2.46. The quantitative estimate of drug-likeness (QED) is 0.643. The Balaban J connectivity index is 1.68. The van der Waals surface area contributed by atoms with E-state index < -0.39 is 0 Å². The van der Waals surface area contributed by atoms with E-state index in [0.29, 0.717) is 18.1 Å². The summed E-state index contributed by atoms with van der Waals surface area (Å²) in [5.41, 5.74) is 7.13. The first-order valence-corrected chi connectivity index (χ1v) is 10.7. The second kappa shape index (κ2) is 8.34. The van der Waals surface area contributed by atoms with Crippen molar-refractivity contribution in [3.63, 3.8) is 0 Å². The highest BCUT2D eigenvalue weighted by atomic mass is 16.5. The van der Waals surface area contributed by atoms with E-state index in [0.717, 1.165) is 44.6 Å². The summed E-state index contributed by atoms with van der Waals surface area (Å²) in [6, 6.07) is 0.279. The molecule has 0 atom stereocenters. The van der Waals surface area contributed by atoms with Crippen LogP contribution in [0.2, 0.25) is 0 Å². The fourth-order valence-electron chi connectivity index (χ4n) is 4.96. The van der Waals surface area contributed by atoms with E-state index in [2.05, 4.69) is 53.2 Å². The van der Waals surface area contributed by atoms with Crippen LogP contribution < -0.4 is 21.3 Å². The minimum Gasteiger partial charge on any atom is -0.466 e. The van der Waals surface area contributed by atoms with Crippen molar-refractivity contribution in [2.24, 2.45) is 5.92 Å². The largest absolute Gasteiger partial charge is 0.466 e. The van der Waals surface area contributed by atoms with Crippen LogP contribution >= 0.6 is 0 Å². The van der Waals surface area contributed by atoms with Gasteiger partial charge in [-0.15, -0.1) is 0 Å². The first kappa shape index (κ1) is 21.6. The van der Waals surface area contributed by atoms with Gasteiger partial charge in [0.15, 0.2) is 11.6 Å². The molecule has 2 saturated heterocycles. The van der Waals surface area contributed by atoms with Gasteiger partial charge in [0, 0.05) is 30.2 Å². The van der Waals surface area contributed by atoms with Gasteiger partial charge in [-0.3, -0.25) is 4.79 Å². The molecule has 1 aromatic rings. The molecule has 0 spiro atoms. The van der Waals surface area contributed by atoms with Crippen LogP contribution in [0.5, 0.6) is 0 Å². The van der Waals surface area contributed by atoms with Gasteiger partial charge in [0.05, 0.1) is 12.5 Å². The summed E-state index contributed by atoms with van der Waals surface area (Å²) in [6.07, 6.45) is 5.05. The van der Waals surface area contributed by atoms with Crippen molar-refractivity contribution in [1.82, 2.24) is 15.3 Å². The maximum Gasteiger partial charge on any atom is 0.309 e. The van der Waals surface area contributed by atoms with E-state index in [9.17, 15) is 4.79 Å². The van der Waals surface area contributed by atoms with Gasteiger partial charge in [0.25, 0.3) is 0 Å². The molecule has 1 aromatic heterocycles. The van der Waals surface area contributed by atoms with Crippen molar-refractivity contribution >= 4 is 23.3 Å². The summed E-state index contributed by atoms with van der Waals surface area (Å²) in [4.78, 5) is 23.0. The minimum absolute atomic E-state index is 0.0361. The van der Waals surface area contributed by atoms with Crippen LogP contribution in [0.3, 0.4) is 0 Å². The van der Waals surface area contributed by atoms with Gasteiger partial charge in [-0.25, -0.2) is 9.97 Å². The lowest BCUT2D eigenvalue weighted by atomic mass is 9.79. The van der Waals surface area contributed by atoms with Gasteiger partial charge < -0.3 is 26.0 Å². The van der Waals surface area contributed by atoms with Crippen LogP contribution in [0.4, 0.5) is 17.3 Å². The highest BCUT2D eigenvalue weighted by Crippen LogP contribution is 2.34. The van der Waals surface area contributed by atoms with Crippen molar-refractivity contribution < 1.29 is 9.53 Å².